The van der Waals surface area contributed by atoms with E-state index in [1.165, 1.54) is 28.4 Å². The van der Waals surface area contributed by atoms with Crippen molar-refractivity contribution in [2.45, 2.75) is 71.4 Å². The summed E-state index contributed by atoms with van der Waals surface area (Å²) >= 11 is 4.46. The van der Waals surface area contributed by atoms with Crippen molar-refractivity contribution in [1.82, 2.24) is 10.3 Å². The lowest BCUT2D eigenvalue weighted by Crippen LogP contribution is -2.49. The predicted octanol–water partition coefficient (Wildman–Crippen LogP) is 6.80. The van der Waals surface area contributed by atoms with Gasteiger partial charge in [-0.15, -0.1) is 11.3 Å². The van der Waals surface area contributed by atoms with Crippen LogP contribution in [0.4, 0.5) is 27.9 Å². The van der Waals surface area contributed by atoms with Crippen LogP contribution in [0.3, 0.4) is 0 Å². The number of ether oxygens (including phenoxy) is 2. The van der Waals surface area contributed by atoms with Gasteiger partial charge in [0.25, 0.3) is 0 Å². The maximum atomic E-state index is 13.0. The second-order valence-electron chi connectivity index (χ2n) is 9.79. The van der Waals surface area contributed by atoms with Crippen LogP contribution in [0.15, 0.2) is 34.2 Å². The first-order chi connectivity index (χ1) is 15.9. The van der Waals surface area contributed by atoms with Gasteiger partial charge in [0.05, 0.1) is 18.2 Å². The van der Waals surface area contributed by atoms with Crippen LogP contribution in [-0.4, -0.2) is 41.0 Å². The van der Waals surface area contributed by atoms with Gasteiger partial charge in [0, 0.05) is 5.38 Å². The Morgan fingerprint density at radius 3 is 2.09 bits per heavy atom. The summed E-state index contributed by atoms with van der Waals surface area (Å²) in [7, 11) is 0. The lowest BCUT2D eigenvalue weighted by molar-refractivity contribution is -0.137. The quantitative estimate of drug-likeness (QED) is 0.407. The Bertz CT molecular complexity index is 1010. The summed E-state index contributed by atoms with van der Waals surface area (Å²) in [6, 6.07) is 3.90. The van der Waals surface area contributed by atoms with E-state index in [0.29, 0.717) is 15.3 Å². The molecule has 1 aromatic carbocycles. The molecule has 0 unspecified atom stereocenters. The molecular weight excluding hydrogens is 551 g/mol. The number of thiazole rings is 1. The molecule has 35 heavy (non-hydrogen) atoms. The van der Waals surface area contributed by atoms with Crippen LogP contribution in [0.25, 0.3) is 0 Å². The molecule has 2 aromatic rings. The van der Waals surface area contributed by atoms with E-state index in [1.807, 2.05) is 0 Å². The van der Waals surface area contributed by atoms with Gasteiger partial charge in [-0.05, 0) is 81.6 Å². The van der Waals surface area contributed by atoms with Gasteiger partial charge in [0.1, 0.15) is 15.8 Å². The molecule has 1 atom stereocenters. The van der Waals surface area contributed by atoms with E-state index in [2.05, 4.69) is 26.2 Å². The standard InChI is InChI=1S/C23H29BrF3N3O4S/c1-21(2,3)33-19(31)28-16(11-14-7-9-15(10-8-14)23(25,26)27)12-30(18-29-17(24)13-35-18)20(32)34-22(4,5)6/h7-10,13,16H,11-12H2,1-6H3,(H,28,31)/t16-/m0/s1. The molecule has 12 heteroatoms. The third-order valence-electron chi connectivity index (χ3n) is 4.20. The highest BCUT2D eigenvalue weighted by atomic mass is 79.9. The molecule has 1 N–H and O–H groups in total. The summed E-state index contributed by atoms with van der Waals surface area (Å²) < 4.78 is 50.3. The number of carbonyl (C=O) groups is 2. The summed E-state index contributed by atoms with van der Waals surface area (Å²) in [4.78, 5) is 31.1. The zero-order chi connectivity index (χ0) is 26.6. The molecule has 7 nitrogen and oxygen atoms in total. The Balaban J connectivity index is 2.34. The molecule has 0 fully saturated rings. The largest absolute Gasteiger partial charge is 0.444 e. The highest BCUT2D eigenvalue weighted by Gasteiger charge is 2.31. The van der Waals surface area contributed by atoms with Gasteiger partial charge in [-0.2, -0.15) is 13.2 Å². The second-order valence-corrected chi connectivity index (χ2v) is 11.4. The van der Waals surface area contributed by atoms with Crippen LogP contribution in [0.5, 0.6) is 0 Å². The molecule has 1 aromatic heterocycles. The molecule has 0 aliphatic rings. The Labute approximate surface area is 215 Å². The number of halogens is 4. The highest BCUT2D eigenvalue weighted by Crippen LogP contribution is 2.30. The lowest BCUT2D eigenvalue weighted by Gasteiger charge is -2.30. The minimum absolute atomic E-state index is 0.0604. The Hall–Kier alpha value is -2.34. The van der Waals surface area contributed by atoms with Gasteiger partial charge in [-0.1, -0.05) is 12.1 Å². The number of nitrogens with one attached hydrogen (secondary N) is 1. The average Bonchev–Trinajstić information content (AvgIpc) is 3.08. The van der Waals surface area contributed by atoms with Gasteiger partial charge in [-0.25, -0.2) is 14.6 Å². The lowest BCUT2D eigenvalue weighted by atomic mass is 10.0. The maximum Gasteiger partial charge on any atom is 0.416 e. The van der Waals surface area contributed by atoms with Crippen LogP contribution in [0.1, 0.15) is 52.7 Å². The van der Waals surface area contributed by atoms with Crippen LogP contribution in [-0.2, 0) is 22.1 Å². The fraction of sp³-hybridized carbons (Fsp3) is 0.522. The maximum absolute atomic E-state index is 13.0. The van der Waals surface area contributed by atoms with Crippen molar-refractivity contribution < 1.29 is 32.2 Å². The van der Waals surface area contributed by atoms with Gasteiger partial charge in [-0.3, -0.25) is 4.90 Å². The molecule has 2 rings (SSSR count). The summed E-state index contributed by atoms with van der Waals surface area (Å²) in [5, 5.41) is 4.75. The summed E-state index contributed by atoms with van der Waals surface area (Å²) in [6.07, 6.45) is -5.73. The van der Waals surface area contributed by atoms with E-state index in [-0.39, 0.29) is 13.0 Å². The van der Waals surface area contributed by atoms with Gasteiger partial charge >= 0.3 is 18.4 Å². The Morgan fingerprint density at radius 2 is 1.63 bits per heavy atom. The highest BCUT2D eigenvalue weighted by molar-refractivity contribution is 9.10. The molecule has 0 saturated carbocycles. The first-order valence-corrected chi connectivity index (χ1v) is 12.4. The average molecular weight is 580 g/mol. The summed E-state index contributed by atoms with van der Waals surface area (Å²) in [5.74, 6) is 0. The third kappa shape index (κ3) is 10.0. The van der Waals surface area contributed by atoms with Crippen LogP contribution >= 0.6 is 27.3 Å². The smallest absolute Gasteiger partial charge is 0.416 e. The molecule has 0 spiro atoms. The number of nitrogens with zero attached hydrogens (tertiary/aromatic N) is 2. The zero-order valence-corrected chi connectivity index (χ0v) is 22.7. The minimum Gasteiger partial charge on any atom is -0.444 e. The minimum atomic E-state index is -4.46. The number of hydrogen-bond acceptors (Lipinski definition) is 6. The topological polar surface area (TPSA) is 80.8 Å². The monoisotopic (exact) mass is 579 g/mol. The SMILES string of the molecule is CC(C)(C)OC(=O)N[C@@H](Cc1ccc(C(F)(F)F)cc1)CN(C(=O)OC(C)(C)C)c1nc(Br)cs1. The number of amides is 2. The van der Waals surface area contributed by atoms with Crippen molar-refractivity contribution in [2.75, 3.05) is 11.4 Å². The van der Waals surface area contributed by atoms with Gasteiger partial charge in [0.15, 0.2) is 5.13 Å². The number of alkyl halides is 3. The number of carbonyl (C=O) groups excluding carboxylic acids is 2. The summed E-state index contributed by atoms with van der Waals surface area (Å²) in [6.45, 7) is 10.2. The van der Waals surface area contributed by atoms with E-state index in [9.17, 15) is 22.8 Å². The van der Waals surface area contributed by atoms with Crippen LogP contribution < -0.4 is 10.2 Å². The third-order valence-corrected chi connectivity index (χ3v) is 5.77. The first-order valence-electron chi connectivity index (χ1n) is 10.7. The van der Waals surface area contributed by atoms with Crippen molar-refractivity contribution in [1.29, 1.82) is 0 Å². The van der Waals surface area contributed by atoms with Crippen LogP contribution in [0, 0.1) is 0 Å². The van der Waals surface area contributed by atoms with E-state index < -0.39 is 41.2 Å². The van der Waals surface area contributed by atoms with Crippen molar-refractivity contribution in [2.24, 2.45) is 0 Å². The fourth-order valence-electron chi connectivity index (χ4n) is 2.89. The Morgan fingerprint density at radius 1 is 1.06 bits per heavy atom. The van der Waals surface area contributed by atoms with Gasteiger partial charge in [0.2, 0.25) is 0 Å². The van der Waals surface area contributed by atoms with Gasteiger partial charge < -0.3 is 14.8 Å². The second kappa shape index (κ2) is 11.2. The fourth-order valence-corrected chi connectivity index (χ4v) is 4.14. The molecule has 0 radical (unpaired) electrons. The van der Waals surface area contributed by atoms with Crippen molar-refractivity contribution >= 4 is 44.6 Å². The number of anilines is 1. The van der Waals surface area contributed by atoms with Crippen molar-refractivity contribution in [3.05, 3.63) is 45.4 Å². The molecule has 0 aliphatic carbocycles. The first kappa shape index (κ1) is 28.9. The van der Waals surface area contributed by atoms with E-state index in [0.717, 1.165) is 12.1 Å². The predicted molar refractivity (Wildman–Crippen MR) is 132 cm³/mol. The van der Waals surface area contributed by atoms with E-state index >= 15 is 0 Å². The number of aromatic nitrogens is 1. The molecule has 0 bridgehead atoms. The number of benzene rings is 1. The van der Waals surface area contributed by atoms with Crippen molar-refractivity contribution in [3.8, 4) is 0 Å². The summed E-state index contributed by atoms with van der Waals surface area (Å²) in [5.41, 5.74) is -1.80. The molecule has 0 aliphatic heterocycles. The number of rotatable bonds is 6. The van der Waals surface area contributed by atoms with E-state index in [4.69, 9.17) is 9.47 Å². The molecule has 1 heterocycles. The van der Waals surface area contributed by atoms with E-state index in [1.54, 1.807) is 46.9 Å². The molecule has 2 amide bonds. The van der Waals surface area contributed by atoms with Crippen molar-refractivity contribution in [3.63, 3.8) is 0 Å². The number of hydrogen-bond donors (Lipinski definition) is 1. The number of alkyl carbamates (subject to hydrolysis) is 1. The molecular formula is C23H29BrF3N3O4S. The van der Waals surface area contributed by atoms with Crippen LogP contribution in [0.2, 0.25) is 0 Å². The molecule has 0 saturated heterocycles. The normalized spacial score (nSPS) is 13.2. The molecule has 194 valence electrons. The zero-order valence-electron chi connectivity index (χ0n) is 20.3. The Kier molecular flexibility index (Phi) is 9.21.